The van der Waals surface area contributed by atoms with Crippen molar-refractivity contribution in [1.82, 2.24) is 10.2 Å². The quantitative estimate of drug-likeness (QED) is 0.883. The molecule has 0 aromatic heterocycles. The molecule has 1 atom stereocenters. The molecule has 1 aliphatic carbocycles. The van der Waals surface area contributed by atoms with Crippen LogP contribution in [0, 0.1) is 5.92 Å². The number of aromatic hydroxyl groups is 1. The Bertz CT molecular complexity index is 473. The second kappa shape index (κ2) is 5.60. The summed E-state index contributed by atoms with van der Waals surface area (Å²) < 4.78 is 0.963. The molecule has 0 bridgehead atoms. The second-order valence-corrected chi connectivity index (χ2v) is 6.62. The maximum Gasteiger partial charge on any atom is 0.140 e. The first-order valence-electron chi connectivity index (χ1n) is 6.80. The highest BCUT2D eigenvalue weighted by atomic mass is 79.9. The van der Waals surface area contributed by atoms with Gasteiger partial charge >= 0.3 is 0 Å². The highest BCUT2D eigenvalue weighted by molar-refractivity contribution is 9.10. The molecule has 5 heteroatoms. The van der Waals surface area contributed by atoms with Gasteiger partial charge < -0.3 is 10.4 Å². The summed E-state index contributed by atoms with van der Waals surface area (Å²) in [6, 6.07) is 3.97. The Morgan fingerprint density at radius 3 is 2.63 bits per heavy atom. The minimum atomic E-state index is 0.242. The zero-order chi connectivity index (χ0) is 13.4. The van der Waals surface area contributed by atoms with Gasteiger partial charge in [0.05, 0.1) is 5.02 Å². The van der Waals surface area contributed by atoms with Crippen molar-refractivity contribution in [2.45, 2.75) is 18.9 Å². The summed E-state index contributed by atoms with van der Waals surface area (Å²) in [7, 11) is 0. The number of halogens is 2. The van der Waals surface area contributed by atoms with E-state index >= 15 is 0 Å². The molecule has 3 nitrogen and oxygen atoms in total. The number of nitrogens with one attached hydrogen (secondary N) is 1. The third kappa shape index (κ3) is 2.77. The fourth-order valence-electron chi connectivity index (χ4n) is 2.93. The molecule has 1 saturated carbocycles. The van der Waals surface area contributed by atoms with Gasteiger partial charge in [-0.2, -0.15) is 0 Å². The predicted octanol–water partition coefficient (Wildman–Crippen LogP) is 3.16. The molecule has 1 aromatic rings. The van der Waals surface area contributed by atoms with Crippen molar-refractivity contribution in [2.24, 2.45) is 5.92 Å². The Morgan fingerprint density at radius 2 is 2.00 bits per heavy atom. The lowest BCUT2D eigenvalue weighted by molar-refractivity contribution is 0.153. The molecule has 1 saturated heterocycles. The zero-order valence-electron chi connectivity index (χ0n) is 10.7. The Labute approximate surface area is 127 Å². The SMILES string of the molecule is Oc1c(Cl)ccc(Br)c1[C@@H](C1CC1)N1CCNCC1. The number of phenols is 1. The third-order valence-corrected chi connectivity index (χ3v) is 5.02. The number of piperazine rings is 1. The van der Waals surface area contributed by atoms with Gasteiger partial charge in [-0.25, -0.2) is 0 Å². The molecule has 1 aliphatic heterocycles. The zero-order valence-corrected chi connectivity index (χ0v) is 13.0. The van der Waals surface area contributed by atoms with E-state index in [0.717, 1.165) is 36.2 Å². The van der Waals surface area contributed by atoms with E-state index in [-0.39, 0.29) is 11.8 Å². The number of nitrogens with zero attached hydrogens (tertiary/aromatic N) is 1. The molecule has 0 unspecified atom stereocenters. The molecule has 3 rings (SSSR count). The van der Waals surface area contributed by atoms with Crippen LogP contribution in [0.15, 0.2) is 16.6 Å². The van der Waals surface area contributed by atoms with Gasteiger partial charge in [-0.15, -0.1) is 0 Å². The number of benzene rings is 1. The molecule has 2 N–H and O–H groups in total. The lowest BCUT2D eigenvalue weighted by Gasteiger charge is -2.36. The van der Waals surface area contributed by atoms with Crippen LogP contribution in [0.2, 0.25) is 5.02 Å². The van der Waals surface area contributed by atoms with Crippen LogP contribution in [0.3, 0.4) is 0 Å². The molecule has 0 radical (unpaired) electrons. The molecule has 0 amide bonds. The lowest BCUT2D eigenvalue weighted by atomic mass is 9.98. The van der Waals surface area contributed by atoms with Crippen molar-refractivity contribution in [3.05, 3.63) is 27.2 Å². The van der Waals surface area contributed by atoms with Crippen LogP contribution in [0.1, 0.15) is 24.4 Å². The summed E-state index contributed by atoms with van der Waals surface area (Å²) >= 11 is 9.68. The highest BCUT2D eigenvalue weighted by Crippen LogP contribution is 2.50. The largest absolute Gasteiger partial charge is 0.506 e. The van der Waals surface area contributed by atoms with Crippen LogP contribution in [0.4, 0.5) is 0 Å². The van der Waals surface area contributed by atoms with Crippen LogP contribution in [0.25, 0.3) is 0 Å². The number of hydrogen-bond acceptors (Lipinski definition) is 3. The number of phenolic OH excluding ortho intramolecular Hbond substituents is 1. The fourth-order valence-corrected chi connectivity index (χ4v) is 3.65. The average Bonchev–Trinajstić information content (AvgIpc) is 3.24. The van der Waals surface area contributed by atoms with E-state index in [1.807, 2.05) is 6.07 Å². The van der Waals surface area contributed by atoms with E-state index in [9.17, 15) is 5.11 Å². The van der Waals surface area contributed by atoms with Crippen LogP contribution >= 0.6 is 27.5 Å². The lowest BCUT2D eigenvalue weighted by Crippen LogP contribution is -2.45. The topological polar surface area (TPSA) is 35.5 Å². The monoisotopic (exact) mass is 344 g/mol. The summed E-state index contributed by atoms with van der Waals surface area (Å²) in [5.74, 6) is 0.894. The third-order valence-electron chi connectivity index (χ3n) is 4.02. The van der Waals surface area contributed by atoms with Gasteiger partial charge in [0.25, 0.3) is 0 Å². The maximum atomic E-state index is 10.4. The van der Waals surface area contributed by atoms with Crippen LogP contribution < -0.4 is 5.32 Å². The Balaban J connectivity index is 1.97. The number of rotatable bonds is 3. The van der Waals surface area contributed by atoms with Gasteiger partial charge in [0.1, 0.15) is 5.75 Å². The van der Waals surface area contributed by atoms with Crippen molar-refractivity contribution in [2.75, 3.05) is 26.2 Å². The molecule has 19 heavy (non-hydrogen) atoms. The molecule has 2 fully saturated rings. The minimum Gasteiger partial charge on any atom is -0.506 e. The Hall–Kier alpha value is -0.290. The van der Waals surface area contributed by atoms with Crippen molar-refractivity contribution in [1.29, 1.82) is 0 Å². The van der Waals surface area contributed by atoms with Gasteiger partial charge in [0.15, 0.2) is 0 Å². The number of hydrogen-bond donors (Lipinski definition) is 2. The standard InChI is InChI=1S/C14H18BrClN2O/c15-10-3-4-11(16)14(19)12(10)13(9-1-2-9)18-7-5-17-6-8-18/h3-4,9,13,17,19H,1-2,5-8H2/t13-/m1/s1. The molecular formula is C14H18BrClN2O. The van der Waals surface area contributed by atoms with E-state index in [2.05, 4.69) is 26.1 Å². The molecular weight excluding hydrogens is 328 g/mol. The summed E-state index contributed by atoms with van der Waals surface area (Å²) in [4.78, 5) is 2.48. The average molecular weight is 346 g/mol. The molecule has 1 aromatic carbocycles. The molecule has 0 spiro atoms. The molecule has 1 heterocycles. The molecule has 104 valence electrons. The smallest absolute Gasteiger partial charge is 0.140 e. The summed E-state index contributed by atoms with van der Waals surface area (Å²) in [6.45, 7) is 4.09. The van der Waals surface area contributed by atoms with E-state index in [4.69, 9.17) is 11.6 Å². The maximum absolute atomic E-state index is 10.4. The van der Waals surface area contributed by atoms with Crippen molar-refractivity contribution in [3.8, 4) is 5.75 Å². The van der Waals surface area contributed by atoms with Gasteiger partial charge in [0.2, 0.25) is 0 Å². The summed E-state index contributed by atoms with van der Waals surface area (Å²) in [6.07, 6.45) is 2.49. The predicted molar refractivity (Wildman–Crippen MR) is 80.7 cm³/mol. The van der Waals surface area contributed by atoms with Crippen molar-refractivity contribution in [3.63, 3.8) is 0 Å². The first kappa shape index (κ1) is 13.7. The first-order chi connectivity index (χ1) is 9.18. The van der Waals surface area contributed by atoms with E-state index in [1.165, 1.54) is 12.8 Å². The van der Waals surface area contributed by atoms with E-state index in [0.29, 0.717) is 10.9 Å². The Kier molecular flexibility index (Phi) is 4.03. The van der Waals surface area contributed by atoms with Crippen molar-refractivity contribution >= 4 is 27.5 Å². The second-order valence-electron chi connectivity index (χ2n) is 5.36. The fraction of sp³-hybridized carbons (Fsp3) is 0.571. The minimum absolute atomic E-state index is 0.242. The van der Waals surface area contributed by atoms with Crippen molar-refractivity contribution < 1.29 is 5.11 Å². The highest BCUT2D eigenvalue weighted by Gasteiger charge is 2.39. The summed E-state index contributed by atoms with van der Waals surface area (Å²) in [5, 5.41) is 14.2. The van der Waals surface area contributed by atoms with E-state index in [1.54, 1.807) is 6.07 Å². The summed E-state index contributed by atoms with van der Waals surface area (Å²) in [5.41, 5.74) is 0.969. The molecule has 2 aliphatic rings. The van der Waals surface area contributed by atoms with Gasteiger partial charge in [-0.05, 0) is 30.9 Å². The van der Waals surface area contributed by atoms with Gasteiger partial charge in [0, 0.05) is 42.3 Å². The van der Waals surface area contributed by atoms with Crippen LogP contribution in [-0.4, -0.2) is 36.2 Å². The first-order valence-corrected chi connectivity index (χ1v) is 7.97. The van der Waals surface area contributed by atoms with Crippen LogP contribution in [-0.2, 0) is 0 Å². The van der Waals surface area contributed by atoms with Crippen LogP contribution in [0.5, 0.6) is 5.75 Å². The van der Waals surface area contributed by atoms with E-state index < -0.39 is 0 Å². The van der Waals surface area contributed by atoms with Gasteiger partial charge in [-0.3, -0.25) is 4.90 Å². The Morgan fingerprint density at radius 1 is 1.32 bits per heavy atom. The normalized spacial score (nSPS) is 22.4. The van der Waals surface area contributed by atoms with Gasteiger partial charge in [-0.1, -0.05) is 27.5 Å².